The Bertz CT molecular complexity index is 637. The van der Waals surface area contributed by atoms with E-state index in [-0.39, 0.29) is 16.7 Å². The number of aromatic nitrogens is 2. The van der Waals surface area contributed by atoms with Gasteiger partial charge >= 0.3 is 0 Å². The van der Waals surface area contributed by atoms with Crippen LogP contribution in [0.15, 0.2) is 22.5 Å². The summed E-state index contributed by atoms with van der Waals surface area (Å²) < 4.78 is 13.6. The van der Waals surface area contributed by atoms with Gasteiger partial charge in [-0.25, -0.2) is 4.39 Å². The fourth-order valence-electron chi connectivity index (χ4n) is 1.40. The van der Waals surface area contributed by atoms with Gasteiger partial charge in [-0.05, 0) is 25.1 Å². The molecule has 0 saturated heterocycles. The molecule has 2 rings (SSSR count). The standard InChI is InChI=1S/C12H12ClFN4OS2/c1-2-15-11-17-18-12(21-11)20-6-10(19)16-9-4-3-7(14)5-8(9)13/h3-5H,2,6H2,1H3,(H,15,17)(H,16,19). The van der Waals surface area contributed by atoms with E-state index in [1.165, 1.54) is 35.2 Å². The summed E-state index contributed by atoms with van der Waals surface area (Å²) in [6.45, 7) is 2.73. The Kier molecular flexibility index (Phi) is 5.77. The number of hydrogen-bond donors (Lipinski definition) is 2. The van der Waals surface area contributed by atoms with Crippen LogP contribution in [0.2, 0.25) is 5.02 Å². The number of rotatable bonds is 6. The van der Waals surface area contributed by atoms with Gasteiger partial charge in [0, 0.05) is 6.54 Å². The van der Waals surface area contributed by atoms with Crippen molar-refractivity contribution in [2.45, 2.75) is 11.3 Å². The molecule has 1 aromatic carbocycles. The number of benzene rings is 1. The maximum absolute atomic E-state index is 12.9. The molecule has 0 atom stereocenters. The molecule has 0 radical (unpaired) electrons. The summed E-state index contributed by atoms with van der Waals surface area (Å²) in [6, 6.07) is 3.81. The van der Waals surface area contributed by atoms with Crippen LogP contribution in [-0.2, 0) is 4.79 Å². The number of carbonyl (C=O) groups excluding carboxylic acids is 1. The number of carbonyl (C=O) groups is 1. The van der Waals surface area contributed by atoms with Crippen LogP contribution in [0, 0.1) is 5.82 Å². The third-order valence-electron chi connectivity index (χ3n) is 2.27. The van der Waals surface area contributed by atoms with Crippen molar-refractivity contribution in [3.05, 3.63) is 29.0 Å². The Balaban J connectivity index is 1.86. The second kappa shape index (κ2) is 7.58. The zero-order chi connectivity index (χ0) is 15.2. The topological polar surface area (TPSA) is 66.9 Å². The van der Waals surface area contributed by atoms with Crippen LogP contribution in [-0.4, -0.2) is 28.4 Å². The first kappa shape index (κ1) is 16.0. The van der Waals surface area contributed by atoms with E-state index >= 15 is 0 Å². The summed E-state index contributed by atoms with van der Waals surface area (Å²) in [4.78, 5) is 11.8. The number of thioether (sulfide) groups is 1. The van der Waals surface area contributed by atoms with E-state index in [1.54, 1.807) is 0 Å². The summed E-state index contributed by atoms with van der Waals surface area (Å²) in [6.07, 6.45) is 0. The van der Waals surface area contributed by atoms with Gasteiger partial charge in [-0.15, -0.1) is 10.2 Å². The lowest BCUT2D eigenvalue weighted by atomic mass is 10.3. The predicted molar refractivity (Wildman–Crippen MR) is 84.8 cm³/mol. The van der Waals surface area contributed by atoms with Crippen molar-refractivity contribution in [1.82, 2.24) is 10.2 Å². The van der Waals surface area contributed by atoms with Crippen molar-refractivity contribution in [2.75, 3.05) is 22.9 Å². The number of hydrogen-bond acceptors (Lipinski definition) is 6. The molecule has 5 nitrogen and oxygen atoms in total. The number of nitrogens with one attached hydrogen (secondary N) is 2. The van der Waals surface area contributed by atoms with Crippen molar-refractivity contribution in [3.63, 3.8) is 0 Å². The van der Waals surface area contributed by atoms with E-state index in [0.717, 1.165) is 17.7 Å². The van der Waals surface area contributed by atoms with Gasteiger partial charge in [0.2, 0.25) is 11.0 Å². The first-order valence-electron chi connectivity index (χ1n) is 6.03. The van der Waals surface area contributed by atoms with E-state index in [0.29, 0.717) is 10.0 Å². The molecular weight excluding hydrogens is 335 g/mol. The maximum atomic E-state index is 12.9. The average Bonchev–Trinajstić information content (AvgIpc) is 2.88. The van der Waals surface area contributed by atoms with Gasteiger partial charge in [-0.1, -0.05) is 34.7 Å². The van der Waals surface area contributed by atoms with Crippen molar-refractivity contribution in [2.24, 2.45) is 0 Å². The van der Waals surface area contributed by atoms with E-state index in [1.807, 2.05) is 6.92 Å². The molecule has 9 heteroatoms. The molecule has 1 aromatic heterocycles. The van der Waals surface area contributed by atoms with Crippen LogP contribution in [0.5, 0.6) is 0 Å². The molecule has 21 heavy (non-hydrogen) atoms. The van der Waals surface area contributed by atoms with Crippen LogP contribution in [0.4, 0.5) is 15.2 Å². The molecule has 1 heterocycles. The van der Waals surface area contributed by atoms with Gasteiger partial charge in [-0.2, -0.15) is 0 Å². The molecule has 0 aliphatic rings. The molecule has 0 aliphatic carbocycles. The summed E-state index contributed by atoms with van der Waals surface area (Å²) in [5.74, 6) is -0.514. The van der Waals surface area contributed by atoms with Crippen LogP contribution >= 0.6 is 34.7 Å². The SMILES string of the molecule is CCNc1nnc(SCC(=O)Nc2ccc(F)cc2Cl)s1. The highest BCUT2D eigenvalue weighted by Crippen LogP contribution is 2.26. The lowest BCUT2D eigenvalue weighted by molar-refractivity contribution is -0.113. The smallest absolute Gasteiger partial charge is 0.234 e. The normalized spacial score (nSPS) is 10.4. The Labute approximate surface area is 134 Å². The minimum absolute atomic E-state index is 0.165. The number of halogens is 2. The molecular formula is C12H12ClFN4OS2. The lowest BCUT2D eigenvalue weighted by Gasteiger charge is -2.06. The number of anilines is 2. The van der Waals surface area contributed by atoms with E-state index in [9.17, 15) is 9.18 Å². The van der Waals surface area contributed by atoms with Gasteiger partial charge in [-0.3, -0.25) is 4.79 Å². The fraction of sp³-hybridized carbons (Fsp3) is 0.250. The van der Waals surface area contributed by atoms with Gasteiger partial charge < -0.3 is 10.6 Å². The number of amides is 1. The monoisotopic (exact) mass is 346 g/mol. The third-order valence-corrected chi connectivity index (χ3v) is 4.59. The summed E-state index contributed by atoms with van der Waals surface area (Å²) in [5.41, 5.74) is 0.384. The average molecular weight is 347 g/mol. The van der Waals surface area contributed by atoms with Gasteiger partial charge in [0.15, 0.2) is 4.34 Å². The van der Waals surface area contributed by atoms with Gasteiger partial charge in [0.1, 0.15) is 5.82 Å². The zero-order valence-corrected chi connectivity index (χ0v) is 13.4. The lowest BCUT2D eigenvalue weighted by Crippen LogP contribution is -2.14. The van der Waals surface area contributed by atoms with Crippen LogP contribution in [0.3, 0.4) is 0 Å². The molecule has 0 spiro atoms. The molecule has 0 saturated carbocycles. The van der Waals surface area contributed by atoms with Crippen LogP contribution in [0.1, 0.15) is 6.92 Å². The second-order valence-corrected chi connectivity index (χ2v) is 6.47. The minimum atomic E-state index is -0.447. The Morgan fingerprint density at radius 1 is 1.48 bits per heavy atom. The molecule has 1 amide bonds. The molecule has 0 bridgehead atoms. The van der Waals surface area contributed by atoms with Gasteiger partial charge in [0.25, 0.3) is 0 Å². The highest BCUT2D eigenvalue weighted by molar-refractivity contribution is 8.01. The largest absolute Gasteiger partial charge is 0.360 e. The Morgan fingerprint density at radius 2 is 2.29 bits per heavy atom. The fourth-order valence-corrected chi connectivity index (χ4v) is 3.23. The predicted octanol–water partition coefficient (Wildman–Crippen LogP) is 3.49. The first-order valence-corrected chi connectivity index (χ1v) is 8.21. The maximum Gasteiger partial charge on any atom is 0.234 e. The number of nitrogens with zero attached hydrogens (tertiary/aromatic N) is 2. The Morgan fingerprint density at radius 3 is 3.00 bits per heavy atom. The third kappa shape index (κ3) is 4.83. The molecule has 2 N–H and O–H groups in total. The molecule has 0 fully saturated rings. The van der Waals surface area contributed by atoms with Crippen molar-refractivity contribution in [1.29, 1.82) is 0 Å². The van der Waals surface area contributed by atoms with E-state index in [4.69, 9.17) is 11.6 Å². The van der Waals surface area contributed by atoms with E-state index in [2.05, 4.69) is 20.8 Å². The van der Waals surface area contributed by atoms with Gasteiger partial charge in [0.05, 0.1) is 16.5 Å². The Hall–Kier alpha value is -1.38. The zero-order valence-electron chi connectivity index (χ0n) is 11.0. The van der Waals surface area contributed by atoms with E-state index < -0.39 is 5.82 Å². The highest BCUT2D eigenvalue weighted by Gasteiger charge is 2.10. The quantitative estimate of drug-likeness (QED) is 0.784. The molecule has 0 aliphatic heterocycles. The molecule has 2 aromatic rings. The van der Waals surface area contributed by atoms with Crippen molar-refractivity contribution < 1.29 is 9.18 Å². The van der Waals surface area contributed by atoms with Crippen LogP contribution in [0.25, 0.3) is 0 Å². The summed E-state index contributed by atoms with van der Waals surface area (Å²) in [5, 5.41) is 14.4. The summed E-state index contributed by atoms with van der Waals surface area (Å²) >= 11 is 8.50. The summed E-state index contributed by atoms with van der Waals surface area (Å²) in [7, 11) is 0. The first-order chi connectivity index (χ1) is 10.1. The molecule has 112 valence electrons. The molecule has 0 unspecified atom stereocenters. The highest BCUT2D eigenvalue weighted by atomic mass is 35.5. The van der Waals surface area contributed by atoms with Crippen LogP contribution < -0.4 is 10.6 Å². The van der Waals surface area contributed by atoms with Crippen molar-refractivity contribution >= 4 is 51.4 Å². The second-order valence-electron chi connectivity index (χ2n) is 3.86. The minimum Gasteiger partial charge on any atom is -0.360 e. The van der Waals surface area contributed by atoms with Crippen molar-refractivity contribution in [3.8, 4) is 0 Å².